The molecule has 0 spiro atoms. The third-order valence-electron chi connectivity index (χ3n) is 15.9. The van der Waals surface area contributed by atoms with E-state index in [9.17, 15) is 0 Å². The quantitative estimate of drug-likeness (QED) is 0.160. The van der Waals surface area contributed by atoms with E-state index in [0.717, 1.165) is 34.2 Å². The Balaban J connectivity index is 1.09. The molecule has 6 heteroatoms. The topological polar surface area (TPSA) is 24.9 Å². The fourth-order valence-corrected chi connectivity index (χ4v) is 13.0. The van der Waals surface area contributed by atoms with Gasteiger partial charge in [-0.2, -0.15) is 0 Å². The van der Waals surface area contributed by atoms with Gasteiger partial charge in [0.25, 0.3) is 6.71 Å². The lowest BCUT2D eigenvalue weighted by molar-refractivity contribution is 0.172. The van der Waals surface area contributed by atoms with E-state index in [2.05, 4.69) is 255 Å². The zero-order chi connectivity index (χ0) is 51.7. The highest BCUT2D eigenvalue weighted by molar-refractivity contribution is 7.25. The van der Waals surface area contributed by atoms with E-state index in [1.54, 1.807) is 0 Å². The van der Waals surface area contributed by atoms with Crippen LogP contribution in [0.15, 0.2) is 176 Å². The Kier molecular flexibility index (Phi) is 10.9. The second-order valence-corrected chi connectivity index (χ2v) is 25.3. The zero-order valence-corrected chi connectivity index (χ0v) is 45.7. The van der Waals surface area contributed by atoms with Crippen LogP contribution in [0.1, 0.15) is 84.6 Å². The summed E-state index contributed by atoms with van der Waals surface area (Å²) in [6.07, 6.45) is 0. The van der Waals surface area contributed by atoms with Crippen molar-refractivity contribution < 1.29 is 9.47 Å². The monoisotopic (exact) mass is 994 g/mol. The first-order chi connectivity index (χ1) is 35.9. The van der Waals surface area contributed by atoms with Crippen molar-refractivity contribution in [2.45, 2.75) is 85.5 Å². The molecule has 370 valence electrons. The predicted octanol–water partition coefficient (Wildman–Crippen LogP) is 17.1. The molecule has 0 fully saturated rings. The average molecular weight is 995 g/mol. The van der Waals surface area contributed by atoms with Gasteiger partial charge in [-0.3, -0.25) is 0 Å². The maximum absolute atomic E-state index is 6.45. The summed E-state index contributed by atoms with van der Waals surface area (Å²) < 4.78 is 15.5. The van der Waals surface area contributed by atoms with Gasteiger partial charge < -0.3 is 19.3 Å². The molecule has 0 saturated heterocycles. The predicted molar refractivity (Wildman–Crippen MR) is 321 cm³/mol. The summed E-state index contributed by atoms with van der Waals surface area (Å²) >= 11 is 1.87. The number of ether oxygens (including phenoxy) is 2. The van der Waals surface area contributed by atoms with Crippen molar-refractivity contribution in [1.29, 1.82) is 0 Å². The van der Waals surface area contributed by atoms with Crippen LogP contribution in [0, 0.1) is 6.92 Å². The number of fused-ring (bicyclic) bond motifs is 8. The minimum Gasteiger partial charge on any atom is -0.486 e. The Bertz CT molecular complexity index is 3830. The van der Waals surface area contributed by atoms with Crippen molar-refractivity contribution in [1.82, 2.24) is 0 Å². The summed E-state index contributed by atoms with van der Waals surface area (Å²) in [5.41, 5.74) is 22.9. The molecule has 0 bridgehead atoms. The molecule has 13 rings (SSSR count). The summed E-state index contributed by atoms with van der Waals surface area (Å²) in [6, 6.07) is 67.3. The first kappa shape index (κ1) is 47.2. The minimum absolute atomic E-state index is 0.0134. The molecule has 0 amide bonds. The van der Waals surface area contributed by atoms with E-state index >= 15 is 0 Å². The molecule has 0 saturated carbocycles. The van der Waals surface area contributed by atoms with Gasteiger partial charge in [-0.05, 0) is 162 Å². The van der Waals surface area contributed by atoms with E-state index in [4.69, 9.17) is 9.47 Å². The van der Waals surface area contributed by atoms with Crippen LogP contribution in [0.4, 0.5) is 34.1 Å². The van der Waals surface area contributed by atoms with Gasteiger partial charge in [-0.1, -0.05) is 165 Å². The molecule has 0 radical (unpaired) electrons. The maximum atomic E-state index is 6.45. The molecule has 3 aliphatic heterocycles. The molecular formula is C69H63BN2O2S. The van der Waals surface area contributed by atoms with Gasteiger partial charge >= 0.3 is 0 Å². The molecule has 0 atom stereocenters. The van der Waals surface area contributed by atoms with Crippen LogP contribution in [-0.4, -0.2) is 19.9 Å². The molecule has 3 aliphatic rings. The summed E-state index contributed by atoms with van der Waals surface area (Å²) in [4.78, 5) is 5.07. The van der Waals surface area contributed by atoms with Gasteiger partial charge in [0.05, 0.1) is 0 Å². The second kappa shape index (κ2) is 17.3. The molecule has 0 aliphatic carbocycles. The first-order valence-electron chi connectivity index (χ1n) is 26.7. The highest BCUT2D eigenvalue weighted by atomic mass is 32.1. The van der Waals surface area contributed by atoms with Gasteiger partial charge in [0, 0.05) is 60.4 Å². The minimum atomic E-state index is -0.102. The molecule has 1 aromatic heterocycles. The van der Waals surface area contributed by atoms with Gasteiger partial charge in [-0.25, -0.2) is 0 Å². The normalized spacial score (nSPS) is 14.0. The van der Waals surface area contributed by atoms with Gasteiger partial charge in [0.15, 0.2) is 11.5 Å². The zero-order valence-electron chi connectivity index (χ0n) is 44.9. The Morgan fingerprint density at radius 3 is 1.49 bits per heavy atom. The SMILES string of the molecule is Cc1cc2c3c(c1)N(c1ccc(C(C)(C)C)cc1)c1cc4c(cc1B3c1ccc(-c3ccc5c(c3)sc3ccccc35)cc1N2c1cc(-c2ccc(C(C)(C)C)cc2)cc(-c2ccc(C(C)(C)C)cc2)c1)OCCO4. The standard InChI is InChI=1S/C69H63BN2O2S/c1-42-33-60-66-61(34-42)72(53-36-47(43-15-21-49(22-16-43)67(2,3)4)35-48(37-53)44-17-23-50(24-18-44)68(5,6)7)58-38-45(46-19-29-55-54-13-11-12-14-64(54)75-65(55)39-46)20-30-56(58)70(66)57-40-62-63(74-32-31-73-62)41-59(57)71(60)52-27-25-51(26-28-52)69(8,9)10/h11-30,33-41H,31-32H2,1-10H3. The second-order valence-electron chi connectivity index (χ2n) is 24.2. The summed E-state index contributed by atoms with van der Waals surface area (Å²) in [6.45, 7) is 23.8. The molecule has 0 unspecified atom stereocenters. The van der Waals surface area contributed by atoms with Gasteiger partial charge in [0.1, 0.15) is 13.2 Å². The number of hydrogen-bond donors (Lipinski definition) is 0. The molecule has 4 nitrogen and oxygen atoms in total. The van der Waals surface area contributed by atoms with Crippen LogP contribution in [0.2, 0.25) is 0 Å². The highest BCUT2D eigenvalue weighted by Crippen LogP contribution is 2.49. The number of anilines is 6. The lowest BCUT2D eigenvalue weighted by Gasteiger charge is -2.45. The third-order valence-corrected chi connectivity index (χ3v) is 17.1. The molecule has 9 aromatic carbocycles. The average Bonchev–Trinajstić information content (AvgIpc) is 3.77. The summed E-state index contributed by atoms with van der Waals surface area (Å²) in [5, 5.41) is 2.61. The largest absolute Gasteiger partial charge is 0.486 e. The van der Waals surface area contributed by atoms with E-state index in [-0.39, 0.29) is 23.0 Å². The fraction of sp³-hybridized carbons (Fsp3) is 0.217. The van der Waals surface area contributed by atoms with Gasteiger partial charge in [0.2, 0.25) is 0 Å². The Labute approximate surface area is 447 Å². The molecule has 0 N–H and O–H groups in total. The van der Waals surface area contributed by atoms with Crippen LogP contribution < -0.4 is 35.7 Å². The van der Waals surface area contributed by atoms with Gasteiger partial charge in [-0.15, -0.1) is 11.3 Å². The maximum Gasteiger partial charge on any atom is 0.252 e. The van der Waals surface area contributed by atoms with Crippen molar-refractivity contribution in [2.24, 2.45) is 0 Å². The lowest BCUT2D eigenvalue weighted by Crippen LogP contribution is -2.61. The van der Waals surface area contributed by atoms with E-state index in [1.165, 1.54) is 104 Å². The number of aryl methyl sites for hydroxylation is 1. The first-order valence-corrected chi connectivity index (χ1v) is 27.5. The molecule has 4 heterocycles. The van der Waals surface area contributed by atoms with Crippen LogP contribution in [0.5, 0.6) is 11.5 Å². The number of benzene rings is 9. The number of nitrogens with zero attached hydrogens (tertiary/aromatic N) is 2. The van der Waals surface area contributed by atoms with Crippen LogP contribution in [0.25, 0.3) is 53.6 Å². The lowest BCUT2D eigenvalue weighted by atomic mass is 9.33. The highest BCUT2D eigenvalue weighted by Gasteiger charge is 2.45. The van der Waals surface area contributed by atoms with Crippen LogP contribution in [-0.2, 0) is 16.2 Å². The Morgan fingerprint density at radius 1 is 0.400 bits per heavy atom. The van der Waals surface area contributed by atoms with E-state index in [0.29, 0.717) is 13.2 Å². The molecule has 75 heavy (non-hydrogen) atoms. The molecular weight excluding hydrogens is 932 g/mol. The summed E-state index contributed by atoms with van der Waals surface area (Å²) in [5.74, 6) is 1.58. The van der Waals surface area contributed by atoms with Crippen molar-refractivity contribution in [3.05, 3.63) is 198 Å². The summed E-state index contributed by atoms with van der Waals surface area (Å²) in [7, 11) is 0. The van der Waals surface area contributed by atoms with Crippen molar-refractivity contribution in [2.75, 3.05) is 23.0 Å². The third kappa shape index (κ3) is 8.12. The van der Waals surface area contributed by atoms with Crippen molar-refractivity contribution in [3.63, 3.8) is 0 Å². The van der Waals surface area contributed by atoms with E-state index < -0.39 is 0 Å². The Morgan fingerprint density at radius 2 is 0.893 bits per heavy atom. The van der Waals surface area contributed by atoms with Crippen molar-refractivity contribution >= 4 is 88.7 Å². The van der Waals surface area contributed by atoms with Crippen molar-refractivity contribution in [3.8, 4) is 44.9 Å². The molecule has 10 aromatic rings. The number of hydrogen-bond acceptors (Lipinski definition) is 5. The van der Waals surface area contributed by atoms with Crippen LogP contribution >= 0.6 is 11.3 Å². The van der Waals surface area contributed by atoms with E-state index in [1.807, 2.05) is 11.3 Å². The number of rotatable bonds is 5. The fourth-order valence-electron chi connectivity index (χ4n) is 11.8. The Hall–Kier alpha value is -7.54. The smallest absolute Gasteiger partial charge is 0.252 e. The van der Waals surface area contributed by atoms with Crippen LogP contribution in [0.3, 0.4) is 0 Å². The number of thiophene rings is 1.